The van der Waals surface area contributed by atoms with Gasteiger partial charge in [-0.3, -0.25) is 4.79 Å². The highest BCUT2D eigenvalue weighted by Gasteiger charge is 2.22. The van der Waals surface area contributed by atoms with Crippen LogP contribution in [0.15, 0.2) is 4.52 Å². The number of carbonyl (C=O) groups is 1. The maximum atomic E-state index is 12.7. The predicted molar refractivity (Wildman–Crippen MR) is 107 cm³/mol. The Morgan fingerprint density at radius 1 is 1.19 bits per heavy atom. The number of aryl methyl sites for hydroxylation is 4. The maximum absolute atomic E-state index is 12.7. The van der Waals surface area contributed by atoms with Gasteiger partial charge in [-0.1, -0.05) is 18.5 Å². The number of carbonyl (C=O) groups excluding carboxylic acids is 1. The Morgan fingerprint density at radius 2 is 1.96 bits per heavy atom. The van der Waals surface area contributed by atoms with Crippen LogP contribution in [0.3, 0.4) is 0 Å². The molecule has 1 fully saturated rings. The van der Waals surface area contributed by atoms with Crippen molar-refractivity contribution in [1.29, 1.82) is 0 Å². The van der Waals surface area contributed by atoms with Crippen LogP contribution in [-0.4, -0.2) is 29.1 Å². The lowest BCUT2D eigenvalue weighted by Gasteiger charge is -2.20. The molecule has 148 valence electrons. The summed E-state index contributed by atoms with van der Waals surface area (Å²) < 4.78 is 10.8. The van der Waals surface area contributed by atoms with Crippen molar-refractivity contribution in [2.75, 3.05) is 13.2 Å². The number of nitrogens with zero attached hydrogens (tertiary/aromatic N) is 2. The molecule has 0 amide bonds. The molecule has 2 aromatic rings. The number of aromatic nitrogens is 2. The zero-order valence-electron chi connectivity index (χ0n) is 16.7. The van der Waals surface area contributed by atoms with Gasteiger partial charge in [-0.05, 0) is 51.9 Å². The van der Waals surface area contributed by atoms with Crippen molar-refractivity contribution < 1.29 is 14.1 Å². The standard InChI is InChI=1S/C21H30N2O3S/c1-4-5-6-18-17(15(3)26-23-18)7-8-20-22-14(2)21(27-20)19(24)13-16-9-11-25-12-10-16/h16H,4-13H2,1-3H3. The fraction of sp³-hybridized carbons (Fsp3) is 0.667. The number of thiazole rings is 1. The van der Waals surface area contributed by atoms with E-state index in [1.165, 1.54) is 5.56 Å². The maximum Gasteiger partial charge on any atom is 0.174 e. The smallest absolute Gasteiger partial charge is 0.174 e. The summed E-state index contributed by atoms with van der Waals surface area (Å²) in [6.07, 6.45) is 7.54. The second kappa shape index (κ2) is 9.60. The van der Waals surface area contributed by atoms with Crippen LogP contribution in [0.25, 0.3) is 0 Å². The lowest BCUT2D eigenvalue weighted by atomic mass is 9.94. The van der Waals surface area contributed by atoms with Gasteiger partial charge >= 0.3 is 0 Å². The average molecular weight is 391 g/mol. The zero-order valence-corrected chi connectivity index (χ0v) is 17.5. The van der Waals surface area contributed by atoms with Gasteiger partial charge in [-0.25, -0.2) is 4.98 Å². The topological polar surface area (TPSA) is 65.2 Å². The molecule has 0 saturated carbocycles. The number of ether oxygens (including phenoxy) is 1. The Kier molecular flexibility index (Phi) is 7.19. The molecular weight excluding hydrogens is 360 g/mol. The van der Waals surface area contributed by atoms with Crippen LogP contribution in [0.2, 0.25) is 0 Å². The predicted octanol–water partition coefficient (Wildman–Crippen LogP) is 4.88. The Balaban J connectivity index is 1.61. The van der Waals surface area contributed by atoms with Gasteiger partial charge < -0.3 is 9.26 Å². The number of hydrogen-bond donors (Lipinski definition) is 0. The van der Waals surface area contributed by atoms with Crippen LogP contribution >= 0.6 is 11.3 Å². The molecule has 0 N–H and O–H groups in total. The molecule has 6 heteroatoms. The number of unbranched alkanes of at least 4 members (excludes halogenated alkanes) is 1. The Labute approximate surface area is 165 Å². The molecular formula is C21H30N2O3S. The van der Waals surface area contributed by atoms with Crippen LogP contribution in [-0.2, 0) is 24.0 Å². The van der Waals surface area contributed by atoms with E-state index in [4.69, 9.17) is 9.26 Å². The molecule has 0 aliphatic carbocycles. The SMILES string of the molecule is CCCCc1noc(C)c1CCc1nc(C)c(C(=O)CC2CCOCC2)s1. The lowest BCUT2D eigenvalue weighted by molar-refractivity contribution is 0.0602. The summed E-state index contributed by atoms with van der Waals surface area (Å²) in [5.74, 6) is 1.61. The largest absolute Gasteiger partial charge is 0.381 e. The molecule has 1 saturated heterocycles. The van der Waals surface area contributed by atoms with Crippen LogP contribution in [0.4, 0.5) is 0 Å². The number of ketones is 1. The van der Waals surface area contributed by atoms with Crippen molar-refractivity contribution in [2.45, 2.75) is 72.1 Å². The quantitative estimate of drug-likeness (QED) is 0.571. The third kappa shape index (κ3) is 5.26. The van der Waals surface area contributed by atoms with Crippen LogP contribution in [0.5, 0.6) is 0 Å². The molecule has 2 aromatic heterocycles. The lowest BCUT2D eigenvalue weighted by Crippen LogP contribution is -2.18. The van der Waals surface area contributed by atoms with E-state index in [9.17, 15) is 4.79 Å². The van der Waals surface area contributed by atoms with Crippen molar-refractivity contribution in [3.05, 3.63) is 32.6 Å². The fourth-order valence-corrected chi connectivity index (χ4v) is 4.67. The second-order valence-corrected chi connectivity index (χ2v) is 8.56. The van der Waals surface area contributed by atoms with Gasteiger partial charge in [0.05, 0.1) is 21.3 Å². The van der Waals surface area contributed by atoms with Crippen molar-refractivity contribution in [3.63, 3.8) is 0 Å². The van der Waals surface area contributed by atoms with Crippen LogP contribution in [0.1, 0.15) is 76.4 Å². The first-order valence-electron chi connectivity index (χ1n) is 10.1. The van der Waals surface area contributed by atoms with E-state index in [1.807, 2.05) is 13.8 Å². The molecule has 0 radical (unpaired) electrons. The Hall–Kier alpha value is -1.53. The zero-order chi connectivity index (χ0) is 19.2. The van der Waals surface area contributed by atoms with Gasteiger partial charge in [-0.15, -0.1) is 11.3 Å². The third-order valence-electron chi connectivity index (χ3n) is 5.33. The minimum Gasteiger partial charge on any atom is -0.381 e. The number of hydrogen-bond acceptors (Lipinski definition) is 6. The summed E-state index contributed by atoms with van der Waals surface area (Å²) in [5, 5.41) is 5.26. The molecule has 3 rings (SSSR count). The van der Waals surface area contributed by atoms with E-state index >= 15 is 0 Å². The van der Waals surface area contributed by atoms with E-state index in [0.717, 1.165) is 85.2 Å². The van der Waals surface area contributed by atoms with Gasteiger partial charge in [0.25, 0.3) is 0 Å². The van der Waals surface area contributed by atoms with Gasteiger partial charge in [0.15, 0.2) is 5.78 Å². The van der Waals surface area contributed by atoms with Gasteiger partial charge in [0.2, 0.25) is 0 Å². The summed E-state index contributed by atoms with van der Waals surface area (Å²) >= 11 is 1.56. The number of Topliss-reactive ketones (excluding diaryl/α,β-unsaturated/α-hetero) is 1. The molecule has 1 aliphatic heterocycles. The minimum absolute atomic E-state index is 0.243. The van der Waals surface area contributed by atoms with Gasteiger partial charge in [0, 0.05) is 31.6 Å². The molecule has 3 heterocycles. The molecule has 5 nitrogen and oxygen atoms in total. The fourth-order valence-electron chi connectivity index (χ4n) is 3.65. The summed E-state index contributed by atoms with van der Waals surface area (Å²) in [6, 6.07) is 0. The van der Waals surface area contributed by atoms with E-state index in [1.54, 1.807) is 11.3 Å². The molecule has 27 heavy (non-hydrogen) atoms. The van der Waals surface area contributed by atoms with Crippen molar-refractivity contribution in [1.82, 2.24) is 10.1 Å². The molecule has 0 atom stereocenters. The molecule has 0 aromatic carbocycles. The van der Waals surface area contributed by atoms with Gasteiger partial charge in [0.1, 0.15) is 5.76 Å². The minimum atomic E-state index is 0.243. The van der Waals surface area contributed by atoms with Crippen molar-refractivity contribution in [3.8, 4) is 0 Å². The average Bonchev–Trinajstić information content (AvgIpc) is 3.21. The van der Waals surface area contributed by atoms with Gasteiger partial charge in [-0.2, -0.15) is 0 Å². The first kappa shape index (κ1) is 20.2. The van der Waals surface area contributed by atoms with Crippen LogP contribution in [0, 0.1) is 19.8 Å². The van der Waals surface area contributed by atoms with E-state index in [2.05, 4.69) is 17.1 Å². The molecule has 1 aliphatic rings. The highest BCUT2D eigenvalue weighted by molar-refractivity contribution is 7.13. The highest BCUT2D eigenvalue weighted by atomic mass is 32.1. The van der Waals surface area contributed by atoms with E-state index < -0.39 is 0 Å². The third-order valence-corrected chi connectivity index (χ3v) is 6.59. The highest BCUT2D eigenvalue weighted by Crippen LogP contribution is 2.27. The number of rotatable bonds is 9. The second-order valence-electron chi connectivity index (χ2n) is 7.47. The monoisotopic (exact) mass is 390 g/mol. The normalized spacial score (nSPS) is 15.4. The Bertz CT molecular complexity index is 760. The van der Waals surface area contributed by atoms with Crippen LogP contribution < -0.4 is 0 Å². The summed E-state index contributed by atoms with van der Waals surface area (Å²) in [6.45, 7) is 7.68. The Morgan fingerprint density at radius 3 is 2.70 bits per heavy atom. The van der Waals surface area contributed by atoms with E-state index in [-0.39, 0.29) is 5.78 Å². The molecule has 0 bridgehead atoms. The summed E-state index contributed by atoms with van der Waals surface area (Å²) in [7, 11) is 0. The van der Waals surface area contributed by atoms with Crippen molar-refractivity contribution in [2.24, 2.45) is 5.92 Å². The summed E-state index contributed by atoms with van der Waals surface area (Å²) in [4.78, 5) is 18.2. The van der Waals surface area contributed by atoms with E-state index in [0.29, 0.717) is 12.3 Å². The molecule has 0 spiro atoms. The first-order valence-corrected chi connectivity index (χ1v) is 10.9. The van der Waals surface area contributed by atoms with Crippen molar-refractivity contribution >= 4 is 17.1 Å². The summed E-state index contributed by atoms with van der Waals surface area (Å²) in [5.41, 5.74) is 3.17. The molecule has 0 unspecified atom stereocenters. The first-order chi connectivity index (χ1) is 13.1.